The van der Waals surface area contributed by atoms with E-state index in [1.165, 1.54) is 5.56 Å². The maximum atomic E-state index is 12.6. The van der Waals surface area contributed by atoms with Gasteiger partial charge < -0.3 is 0 Å². The highest BCUT2D eigenvalue weighted by Crippen LogP contribution is 2.39. The van der Waals surface area contributed by atoms with Crippen LogP contribution in [0.3, 0.4) is 0 Å². The van der Waals surface area contributed by atoms with Gasteiger partial charge in [0.15, 0.2) is 0 Å². The molecule has 1 aliphatic heterocycles. The van der Waals surface area contributed by atoms with E-state index in [2.05, 4.69) is 58.6 Å². The first-order valence-electron chi connectivity index (χ1n) is 8.13. The Bertz CT molecular complexity index is 775. The van der Waals surface area contributed by atoms with Gasteiger partial charge in [0.1, 0.15) is 5.78 Å². The van der Waals surface area contributed by atoms with E-state index in [-0.39, 0.29) is 17.7 Å². The second-order valence-corrected chi connectivity index (χ2v) is 6.59. The molecule has 6 nitrogen and oxygen atoms in total. The molecule has 23 heavy (non-hydrogen) atoms. The van der Waals surface area contributed by atoms with Crippen LogP contribution in [0.4, 0.5) is 5.95 Å². The molecule has 4 rings (SSSR count). The molecule has 0 spiro atoms. The van der Waals surface area contributed by atoms with Gasteiger partial charge in [0.2, 0.25) is 0 Å². The van der Waals surface area contributed by atoms with Crippen molar-refractivity contribution >= 4 is 17.4 Å². The van der Waals surface area contributed by atoms with E-state index in [1.807, 2.05) is 0 Å². The van der Waals surface area contributed by atoms with Crippen LogP contribution in [0.1, 0.15) is 56.2 Å². The molecule has 1 saturated carbocycles. The van der Waals surface area contributed by atoms with Crippen LogP contribution in [-0.2, 0) is 4.79 Å². The van der Waals surface area contributed by atoms with E-state index in [0.29, 0.717) is 18.3 Å². The number of aromatic nitrogens is 4. The lowest BCUT2D eigenvalue weighted by Crippen LogP contribution is -2.39. The molecule has 0 bridgehead atoms. The minimum Gasteiger partial charge on any atom is -0.299 e. The van der Waals surface area contributed by atoms with Gasteiger partial charge in [-0.05, 0) is 40.3 Å². The summed E-state index contributed by atoms with van der Waals surface area (Å²) in [5, 5.41) is 11.8. The first-order valence-corrected chi connectivity index (χ1v) is 8.13. The number of ketones is 1. The fraction of sp³-hybridized carbons (Fsp3) is 0.471. The zero-order chi connectivity index (χ0) is 16.0. The van der Waals surface area contributed by atoms with Crippen molar-refractivity contribution in [2.75, 3.05) is 0 Å². The molecule has 118 valence electrons. The maximum Gasteiger partial charge on any atom is 0.269 e. The summed E-state index contributed by atoms with van der Waals surface area (Å²) in [4.78, 5) is 17.1. The van der Waals surface area contributed by atoms with Crippen LogP contribution in [0, 0.1) is 5.92 Å². The number of hydrogen-bond acceptors (Lipinski definition) is 5. The van der Waals surface area contributed by atoms with Crippen molar-refractivity contribution in [1.82, 2.24) is 20.2 Å². The van der Waals surface area contributed by atoms with Crippen LogP contribution in [0.2, 0.25) is 0 Å². The Morgan fingerprint density at radius 1 is 1.17 bits per heavy atom. The number of tetrazole rings is 1. The first kappa shape index (κ1) is 14.2. The third-order valence-electron chi connectivity index (χ3n) is 4.80. The van der Waals surface area contributed by atoms with Gasteiger partial charge in [-0.25, -0.2) is 9.67 Å². The van der Waals surface area contributed by atoms with Crippen LogP contribution in [0.5, 0.6) is 0 Å². The number of benzene rings is 1. The summed E-state index contributed by atoms with van der Waals surface area (Å²) in [5.74, 6) is 0.995. The highest BCUT2D eigenvalue weighted by Gasteiger charge is 2.41. The molecule has 0 amide bonds. The topological polar surface area (TPSA) is 73.0 Å². The summed E-state index contributed by atoms with van der Waals surface area (Å²) in [6, 6.07) is 8.26. The summed E-state index contributed by atoms with van der Waals surface area (Å²) in [6.45, 7) is 4.34. The second-order valence-electron chi connectivity index (χ2n) is 6.59. The predicted octanol–water partition coefficient (Wildman–Crippen LogP) is 2.84. The molecule has 2 atom stereocenters. The van der Waals surface area contributed by atoms with Gasteiger partial charge in [0, 0.05) is 12.1 Å². The van der Waals surface area contributed by atoms with Crippen molar-refractivity contribution in [2.24, 2.45) is 10.9 Å². The van der Waals surface area contributed by atoms with Crippen molar-refractivity contribution in [3.63, 3.8) is 0 Å². The van der Waals surface area contributed by atoms with Crippen LogP contribution >= 0.6 is 0 Å². The Balaban J connectivity index is 1.81. The largest absolute Gasteiger partial charge is 0.299 e. The zero-order valence-corrected chi connectivity index (χ0v) is 13.3. The molecule has 1 aliphatic carbocycles. The van der Waals surface area contributed by atoms with Crippen molar-refractivity contribution in [3.8, 4) is 0 Å². The van der Waals surface area contributed by atoms with Crippen LogP contribution < -0.4 is 0 Å². The number of carbonyl (C=O) groups excluding carboxylic acids is 1. The standard InChI is InChI=1S/C17H19N5O/c1-10(2)11-6-8-12(9-7-11)16-15-13(4-3-5-14(15)23)18-17-19-20-21-22(16)17/h6-10,15-16H,3-5H2,1-2H3. The Kier molecular flexibility index (Phi) is 3.32. The van der Waals surface area contributed by atoms with Crippen molar-refractivity contribution in [2.45, 2.75) is 45.1 Å². The molecule has 2 unspecified atom stereocenters. The van der Waals surface area contributed by atoms with E-state index >= 15 is 0 Å². The van der Waals surface area contributed by atoms with Crippen molar-refractivity contribution in [1.29, 1.82) is 0 Å². The molecule has 1 fully saturated rings. The molecular formula is C17H19N5O. The predicted molar refractivity (Wildman–Crippen MR) is 85.9 cm³/mol. The Hall–Kier alpha value is -2.37. The third-order valence-corrected chi connectivity index (χ3v) is 4.80. The lowest BCUT2D eigenvalue weighted by atomic mass is 9.77. The maximum absolute atomic E-state index is 12.6. The fourth-order valence-electron chi connectivity index (χ4n) is 3.55. The average molecular weight is 309 g/mol. The van der Waals surface area contributed by atoms with Crippen LogP contribution in [0.25, 0.3) is 0 Å². The molecule has 2 aromatic rings. The van der Waals surface area contributed by atoms with E-state index < -0.39 is 0 Å². The normalized spacial score (nSPS) is 23.4. The Labute approximate surface area is 134 Å². The highest BCUT2D eigenvalue weighted by molar-refractivity contribution is 6.09. The second kappa shape index (κ2) is 5.37. The lowest BCUT2D eigenvalue weighted by molar-refractivity contribution is -0.122. The first-order chi connectivity index (χ1) is 11.1. The van der Waals surface area contributed by atoms with E-state index in [1.54, 1.807) is 4.68 Å². The summed E-state index contributed by atoms with van der Waals surface area (Å²) >= 11 is 0. The number of carbonyl (C=O) groups is 1. The third kappa shape index (κ3) is 2.29. The monoisotopic (exact) mass is 309 g/mol. The molecular weight excluding hydrogens is 290 g/mol. The molecule has 0 radical (unpaired) electrons. The SMILES string of the molecule is CC(C)c1ccc(C2C3C(=O)CCCC3=Nc3nnnn32)cc1. The lowest BCUT2D eigenvalue weighted by Gasteiger charge is -2.33. The number of aliphatic imine (C=N–C) groups is 1. The minimum atomic E-state index is -0.232. The molecule has 0 N–H and O–H groups in total. The van der Waals surface area contributed by atoms with Gasteiger partial charge in [0.05, 0.1) is 12.0 Å². The number of fused-ring (bicyclic) bond motifs is 2. The van der Waals surface area contributed by atoms with Gasteiger partial charge in [-0.3, -0.25) is 4.79 Å². The van der Waals surface area contributed by atoms with Gasteiger partial charge in [0.25, 0.3) is 5.95 Å². The molecule has 1 aromatic heterocycles. The van der Waals surface area contributed by atoms with Gasteiger partial charge in [-0.2, -0.15) is 0 Å². The van der Waals surface area contributed by atoms with Gasteiger partial charge in [-0.15, -0.1) is 0 Å². The Morgan fingerprint density at radius 3 is 2.70 bits per heavy atom. The number of hydrogen-bond donors (Lipinski definition) is 0. The molecule has 1 aromatic carbocycles. The van der Waals surface area contributed by atoms with Gasteiger partial charge in [-0.1, -0.05) is 43.2 Å². The molecule has 2 aliphatic rings. The summed E-state index contributed by atoms with van der Waals surface area (Å²) < 4.78 is 1.70. The summed E-state index contributed by atoms with van der Waals surface area (Å²) in [7, 11) is 0. The summed E-state index contributed by atoms with van der Waals surface area (Å²) in [6.07, 6.45) is 2.33. The quantitative estimate of drug-likeness (QED) is 0.855. The molecule has 0 saturated heterocycles. The number of rotatable bonds is 2. The number of Topliss-reactive ketones (excluding diaryl/α,β-unsaturated/α-hetero) is 1. The van der Waals surface area contributed by atoms with E-state index in [4.69, 9.17) is 0 Å². The van der Waals surface area contributed by atoms with Crippen LogP contribution in [0.15, 0.2) is 29.3 Å². The van der Waals surface area contributed by atoms with Crippen molar-refractivity contribution in [3.05, 3.63) is 35.4 Å². The Morgan fingerprint density at radius 2 is 1.96 bits per heavy atom. The zero-order valence-electron chi connectivity index (χ0n) is 13.3. The number of nitrogens with zero attached hydrogens (tertiary/aromatic N) is 5. The van der Waals surface area contributed by atoms with Crippen LogP contribution in [-0.4, -0.2) is 31.7 Å². The van der Waals surface area contributed by atoms with E-state index in [9.17, 15) is 4.79 Å². The summed E-state index contributed by atoms with van der Waals surface area (Å²) in [5.41, 5.74) is 3.28. The molecule has 6 heteroatoms. The molecule has 2 heterocycles. The highest BCUT2D eigenvalue weighted by atomic mass is 16.1. The van der Waals surface area contributed by atoms with Gasteiger partial charge >= 0.3 is 0 Å². The van der Waals surface area contributed by atoms with Crippen molar-refractivity contribution < 1.29 is 4.79 Å². The smallest absolute Gasteiger partial charge is 0.269 e. The van der Waals surface area contributed by atoms with E-state index in [0.717, 1.165) is 24.1 Å². The fourth-order valence-corrected chi connectivity index (χ4v) is 3.55. The average Bonchev–Trinajstić information content (AvgIpc) is 3.01. The minimum absolute atomic E-state index is 0.179.